The van der Waals surface area contributed by atoms with E-state index in [2.05, 4.69) is 4.98 Å². The van der Waals surface area contributed by atoms with Crippen molar-refractivity contribution in [3.05, 3.63) is 64.9 Å². The van der Waals surface area contributed by atoms with Crippen molar-refractivity contribution in [3.8, 4) is 0 Å². The summed E-state index contributed by atoms with van der Waals surface area (Å²) in [6, 6.07) is 7.08. The van der Waals surface area contributed by atoms with Gasteiger partial charge >= 0.3 is 0 Å². The predicted octanol–water partition coefficient (Wildman–Crippen LogP) is 3.85. The molecule has 0 atom stereocenters. The van der Waals surface area contributed by atoms with Crippen molar-refractivity contribution < 1.29 is 13.6 Å². The predicted molar refractivity (Wildman–Crippen MR) is 68.9 cm³/mol. The summed E-state index contributed by atoms with van der Waals surface area (Å²) >= 11 is 5.91. The molecule has 3 rings (SSSR count). The van der Waals surface area contributed by atoms with Gasteiger partial charge in [-0.3, -0.25) is 9.78 Å². The highest BCUT2D eigenvalue weighted by Gasteiger charge is 2.17. The van der Waals surface area contributed by atoms with Gasteiger partial charge in [0.05, 0.1) is 5.02 Å². The Hall–Kier alpha value is -2.20. The number of furan rings is 1. The number of carbonyl (C=O) groups is 1. The zero-order chi connectivity index (χ0) is 13.4. The Morgan fingerprint density at radius 3 is 2.89 bits per heavy atom. The molecule has 0 aliphatic heterocycles. The van der Waals surface area contributed by atoms with Gasteiger partial charge in [0.1, 0.15) is 11.4 Å². The Morgan fingerprint density at radius 2 is 2.11 bits per heavy atom. The third-order valence-electron chi connectivity index (χ3n) is 2.72. The fraction of sp³-hybridized carbons (Fsp3) is 0. The van der Waals surface area contributed by atoms with Gasteiger partial charge in [0.2, 0.25) is 5.78 Å². The Kier molecular flexibility index (Phi) is 2.80. The zero-order valence-corrected chi connectivity index (χ0v) is 10.3. The zero-order valence-electron chi connectivity index (χ0n) is 9.56. The first kappa shape index (κ1) is 11.9. The Labute approximate surface area is 112 Å². The molecule has 0 unspecified atom stereocenters. The number of nitrogens with zero attached hydrogens (tertiary/aromatic N) is 1. The summed E-state index contributed by atoms with van der Waals surface area (Å²) in [5.74, 6) is -0.619. The second-order valence-electron chi connectivity index (χ2n) is 3.98. The van der Waals surface area contributed by atoms with Gasteiger partial charge in [0.15, 0.2) is 5.76 Å². The monoisotopic (exact) mass is 275 g/mol. The molecule has 0 amide bonds. The molecule has 1 aromatic carbocycles. The summed E-state index contributed by atoms with van der Waals surface area (Å²) in [4.78, 5) is 16.0. The number of aromatic nitrogens is 1. The molecule has 0 radical (unpaired) electrons. The van der Waals surface area contributed by atoms with E-state index in [0.29, 0.717) is 16.5 Å². The van der Waals surface area contributed by atoms with Gasteiger partial charge in [-0.05, 0) is 30.3 Å². The van der Waals surface area contributed by atoms with Crippen molar-refractivity contribution in [3.63, 3.8) is 0 Å². The minimum absolute atomic E-state index is 0.119. The molecule has 0 saturated heterocycles. The summed E-state index contributed by atoms with van der Waals surface area (Å²) in [5, 5.41) is 0.785. The Morgan fingerprint density at radius 1 is 1.26 bits per heavy atom. The van der Waals surface area contributed by atoms with E-state index < -0.39 is 0 Å². The van der Waals surface area contributed by atoms with Crippen molar-refractivity contribution in [2.24, 2.45) is 0 Å². The van der Waals surface area contributed by atoms with Crippen LogP contribution in [0.2, 0.25) is 5.02 Å². The largest absolute Gasteiger partial charge is 0.453 e. The maximum absolute atomic E-state index is 13.1. The van der Waals surface area contributed by atoms with Crippen LogP contribution in [0.3, 0.4) is 0 Å². The fourth-order valence-corrected chi connectivity index (χ4v) is 2.02. The smallest absolute Gasteiger partial charge is 0.229 e. The average Bonchev–Trinajstić information content (AvgIpc) is 2.81. The number of hydrogen-bond donors (Lipinski definition) is 0. The lowest BCUT2D eigenvalue weighted by Crippen LogP contribution is -2.00. The molecule has 3 nitrogen and oxygen atoms in total. The Bertz CT molecular complexity index is 782. The number of fused-ring (bicyclic) bond motifs is 1. The molecule has 2 aromatic heterocycles. The molecule has 0 spiro atoms. The molecule has 0 aliphatic carbocycles. The Balaban J connectivity index is 2.09. The molecule has 2 heterocycles. The van der Waals surface area contributed by atoms with Crippen LogP contribution in [-0.4, -0.2) is 10.8 Å². The van der Waals surface area contributed by atoms with Gasteiger partial charge in [-0.1, -0.05) is 11.6 Å². The third kappa shape index (κ3) is 2.11. The highest BCUT2D eigenvalue weighted by molar-refractivity contribution is 6.34. The minimum Gasteiger partial charge on any atom is -0.453 e. The molecular formula is C14H7ClFNO2. The molecule has 5 heteroatoms. The molecule has 94 valence electrons. The van der Waals surface area contributed by atoms with E-state index in [4.69, 9.17) is 16.0 Å². The van der Waals surface area contributed by atoms with E-state index in [-0.39, 0.29) is 22.4 Å². The van der Waals surface area contributed by atoms with Crippen LogP contribution in [0.25, 0.3) is 11.0 Å². The lowest BCUT2D eigenvalue weighted by Gasteiger charge is -1.98. The van der Waals surface area contributed by atoms with Crippen LogP contribution in [0.5, 0.6) is 0 Å². The third-order valence-corrected chi connectivity index (χ3v) is 3.02. The highest BCUT2D eigenvalue weighted by Crippen LogP contribution is 2.24. The van der Waals surface area contributed by atoms with E-state index >= 15 is 0 Å². The van der Waals surface area contributed by atoms with Gasteiger partial charge in [-0.15, -0.1) is 0 Å². The fourth-order valence-electron chi connectivity index (χ4n) is 1.82. The first-order valence-electron chi connectivity index (χ1n) is 5.48. The van der Waals surface area contributed by atoms with E-state index in [9.17, 15) is 9.18 Å². The lowest BCUT2D eigenvalue weighted by molar-refractivity contribution is 0.101. The molecule has 0 bridgehead atoms. The highest BCUT2D eigenvalue weighted by atomic mass is 35.5. The number of rotatable bonds is 2. The number of benzene rings is 1. The number of halogens is 2. The molecule has 0 N–H and O–H groups in total. The molecule has 0 fully saturated rings. The standard InChI is InChI=1S/C14H7ClFNO2/c15-11-7-17-4-3-10(11)14(18)13-6-8-5-9(16)1-2-12(8)19-13/h1-7H. The minimum atomic E-state index is -0.380. The van der Waals surface area contributed by atoms with Crippen LogP contribution in [0.4, 0.5) is 4.39 Å². The van der Waals surface area contributed by atoms with Crippen molar-refractivity contribution in [2.75, 3.05) is 0 Å². The molecule has 19 heavy (non-hydrogen) atoms. The second-order valence-corrected chi connectivity index (χ2v) is 4.38. The summed E-state index contributed by atoms with van der Waals surface area (Å²) < 4.78 is 18.5. The number of ketones is 1. The number of carbonyl (C=O) groups excluding carboxylic acids is 1. The van der Waals surface area contributed by atoms with Gasteiger partial charge in [-0.2, -0.15) is 0 Å². The van der Waals surface area contributed by atoms with Crippen molar-refractivity contribution in [1.29, 1.82) is 0 Å². The van der Waals surface area contributed by atoms with Crippen molar-refractivity contribution in [2.45, 2.75) is 0 Å². The van der Waals surface area contributed by atoms with Gasteiger partial charge < -0.3 is 4.42 Å². The van der Waals surface area contributed by atoms with Crippen molar-refractivity contribution in [1.82, 2.24) is 4.98 Å². The lowest BCUT2D eigenvalue weighted by atomic mass is 10.1. The van der Waals surface area contributed by atoms with Crippen LogP contribution >= 0.6 is 11.6 Å². The van der Waals surface area contributed by atoms with Crippen LogP contribution < -0.4 is 0 Å². The number of pyridine rings is 1. The van der Waals surface area contributed by atoms with Crippen LogP contribution in [0.1, 0.15) is 16.1 Å². The summed E-state index contributed by atoms with van der Waals surface area (Å²) in [6.07, 6.45) is 2.86. The van der Waals surface area contributed by atoms with E-state index in [1.807, 2.05) is 0 Å². The van der Waals surface area contributed by atoms with Crippen molar-refractivity contribution >= 4 is 28.4 Å². The summed E-state index contributed by atoms with van der Waals surface area (Å²) in [7, 11) is 0. The average molecular weight is 276 g/mol. The van der Waals surface area contributed by atoms with Crippen LogP contribution in [-0.2, 0) is 0 Å². The first-order chi connectivity index (χ1) is 9.15. The maximum atomic E-state index is 13.1. The molecular weight excluding hydrogens is 269 g/mol. The van der Waals surface area contributed by atoms with Gasteiger partial charge in [0.25, 0.3) is 0 Å². The molecule has 0 aliphatic rings. The summed E-state index contributed by atoms with van der Waals surface area (Å²) in [5.41, 5.74) is 0.756. The quantitative estimate of drug-likeness (QED) is 0.667. The van der Waals surface area contributed by atoms with Crippen LogP contribution in [0.15, 0.2) is 47.1 Å². The van der Waals surface area contributed by atoms with Gasteiger partial charge in [-0.25, -0.2) is 4.39 Å². The van der Waals surface area contributed by atoms with E-state index in [1.165, 1.54) is 42.7 Å². The first-order valence-corrected chi connectivity index (χ1v) is 5.86. The normalized spacial score (nSPS) is 10.8. The van der Waals surface area contributed by atoms with E-state index in [0.717, 1.165) is 0 Å². The van der Waals surface area contributed by atoms with Gasteiger partial charge in [0, 0.05) is 23.3 Å². The summed E-state index contributed by atoms with van der Waals surface area (Å²) in [6.45, 7) is 0. The molecule has 0 saturated carbocycles. The number of hydrogen-bond acceptors (Lipinski definition) is 3. The topological polar surface area (TPSA) is 43.1 Å². The molecule has 3 aromatic rings. The second kappa shape index (κ2) is 4.48. The SMILES string of the molecule is O=C(c1cc2cc(F)ccc2o1)c1ccncc1Cl. The maximum Gasteiger partial charge on any atom is 0.229 e. The van der Waals surface area contributed by atoms with Crippen LogP contribution in [0, 0.1) is 5.82 Å². The van der Waals surface area contributed by atoms with E-state index in [1.54, 1.807) is 0 Å².